The van der Waals surface area contributed by atoms with Gasteiger partial charge in [-0.05, 0) is 38.0 Å². The molecule has 0 aliphatic heterocycles. The fraction of sp³-hybridized carbons (Fsp3) is 0.769. The van der Waals surface area contributed by atoms with Crippen LogP contribution >= 0.6 is 0 Å². The van der Waals surface area contributed by atoms with Crippen LogP contribution in [0, 0.1) is 11.3 Å². The van der Waals surface area contributed by atoms with Gasteiger partial charge >= 0.3 is 0 Å². The van der Waals surface area contributed by atoms with Crippen LogP contribution in [-0.2, 0) is 9.53 Å². The quantitative estimate of drug-likeness (QED) is 0.515. The van der Waals surface area contributed by atoms with Crippen molar-refractivity contribution in [1.82, 2.24) is 0 Å². The first-order valence-corrected chi connectivity index (χ1v) is 5.71. The summed E-state index contributed by atoms with van der Waals surface area (Å²) in [4.78, 5) is 10.2. The van der Waals surface area contributed by atoms with E-state index in [1.165, 1.54) is 5.57 Å². The Labute approximate surface area is 92.7 Å². The minimum absolute atomic E-state index is 0.179. The van der Waals surface area contributed by atoms with Crippen molar-refractivity contribution >= 4 is 6.29 Å². The van der Waals surface area contributed by atoms with Crippen LogP contribution < -0.4 is 0 Å². The fourth-order valence-corrected chi connectivity index (χ4v) is 2.26. The molecule has 0 N–H and O–H groups in total. The average molecular weight is 210 g/mol. The van der Waals surface area contributed by atoms with Crippen LogP contribution in [0.2, 0.25) is 0 Å². The number of hydrogen-bond acceptors (Lipinski definition) is 2. The molecule has 0 aromatic carbocycles. The van der Waals surface area contributed by atoms with Crippen molar-refractivity contribution in [2.45, 2.75) is 46.6 Å². The summed E-state index contributed by atoms with van der Waals surface area (Å²) in [6, 6.07) is 0. The van der Waals surface area contributed by atoms with Crippen LogP contribution in [0.3, 0.4) is 0 Å². The third-order valence-electron chi connectivity index (χ3n) is 3.81. The maximum absolute atomic E-state index is 10.2. The number of hydrogen-bond donors (Lipinski definition) is 0. The predicted octanol–water partition coefficient (Wildman–Crippen LogP) is 2.97. The van der Waals surface area contributed by atoms with Crippen molar-refractivity contribution in [3.05, 3.63) is 11.6 Å². The fourth-order valence-electron chi connectivity index (χ4n) is 2.26. The van der Waals surface area contributed by atoms with E-state index in [2.05, 4.69) is 26.8 Å². The first kappa shape index (κ1) is 12.4. The van der Waals surface area contributed by atoms with E-state index in [0.29, 0.717) is 11.3 Å². The first-order valence-electron chi connectivity index (χ1n) is 5.71. The Bertz CT molecular complexity index is 253. The van der Waals surface area contributed by atoms with Crippen molar-refractivity contribution < 1.29 is 9.53 Å². The zero-order valence-corrected chi connectivity index (χ0v) is 10.2. The number of ether oxygens (including phenoxy) is 1. The molecular formula is C13H22O2. The van der Waals surface area contributed by atoms with E-state index in [1.807, 2.05) is 6.92 Å². The normalized spacial score (nSPS) is 26.1. The topological polar surface area (TPSA) is 26.3 Å². The highest BCUT2D eigenvalue weighted by Gasteiger charge is 2.35. The lowest BCUT2D eigenvalue weighted by Crippen LogP contribution is -2.25. The van der Waals surface area contributed by atoms with Gasteiger partial charge < -0.3 is 9.53 Å². The first-order chi connectivity index (χ1) is 6.98. The van der Waals surface area contributed by atoms with Gasteiger partial charge in [0, 0.05) is 0 Å². The Morgan fingerprint density at radius 2 is 2.33 bits per heavy atom. The van der Waals surface area contributed by atoms with Gasteiger partial charge in [0.2, 0.25) is 0 Å². The summed E-state index contributed by atoms with van der Waals surface area (Å²) < 4.78 is 5.39. The summed E-state index contributed by atoms with van der Waals surface area (Å²) in [5, 5.41) is 0. The molecule has 0 amide bonds. The van der Waals surface area contributed by atoms with Crippen LogP contribution in [0.15, 0.2) is 11.6 Å². The van der Waals surface area contributed by atoms with E-state index in [-0.39, 0.29) is 12.7 Å². The molecule has 0 radical (unpaired) electrons. The lowest BCUT2D eigenvalue weighted by molar-refractivity contribution is -0.113. The summed E-state index contributed by atoms with van der Waals surface area (Å²) in [7, 11) is 0. The lowest BCUT2D eigenvalue weighted by atomic mass is 9.75. The van der Waals surface area contributed by atoms with E-state index >= 15 is 0 Å². The van der Waals surface area contributed by atoms with E-state index in [9.17, 15) is 4.79 Å². The largest absolute Gasteiger partial charge is 0.371 e. The van der Waals surface area contributed by atoms with E-state index in [0.717, 1.165) is 19.1 Å². The summed E-state index contributed by atoms with van der Waals surface area (Å²) in [5.74, 6) is 0.652. The van der Waals surface area contributed by atoms with E-state index in [4.69, 9.17) is 4.74 Å². The molecule has 86 valence electrons. The van der Waals surface area contributed by atoms with Gasteiger partial charge in [0.15, 0.2) is 0 Å². The molecule has 0 saturated heterocycles. The van der Waals surface area contributed by atoms with Gasteiger partial charge in [-0.2, -0.15) is 0 Å². The monoisotopic (exact) mass is 210 g/mol. The molecule has 1 unspecified atom stereocenters. The molecule has 0 saturated carbocycles. The summed E-state index contributed by atoms with van der Waals surface area (Å²) in [6.45, 7) is 9.07. The van der Waals surface area contributed by atoms with Crippen molar-refractivity contribution in [2.24, 2.45) is 11.3 Å². The zero-order chi connectivity index (χ0) is 11.5. The van der Waals surface area contributed by atoms with Crippen LogP contribution in [0.4, 0.5) is 0 Å². The Morgan fingerprint density at radius 3 is 2.80 bits per heavy atom. The standard InChI is InChI=1S/C13H22O2/c1-10-5-6-12(13(10,3)4)9-11(2)15-8-7-14/h5,7,11-12H,6,8-9H2,1-4H3/t11?,12-/m1/s1. The summed E-state index contributed by atoms with van der Waals surface area (Å²) in [5.41, 5.74) is 1.77. The minimum Gasteiger partial charge on any atom is -0.371 e. The highest BCUT2D eigenvalue weighted by atomic mass is 16.5. The van der Waals surface area contributed by atoms with Gasteiger partial charge in [-0.15, -0.1) is 0 Å². The van der Waals surface area contributed by atoms with Gasteiger partial charge in [-0.1, -0.05) is 25.5 Å². The van der Waals surface area contributed by atoms with Crippen molar-refractivity contribution in [3.63, 3.8) is 0 Å². The molecule has 2 nitrogen and oxygen atoms in total. The summed E-state index contributed by atoms with van der Waals surface area (Å²) in [6.07, 6.45) is 5.51. The van der Waals surface area contributed by atoms with Gasteiger partial charge in [-0.25, -0.2) is 0 Å². The molecule has 1 aliphatic carbocycles. The SMILES string of the molecule is CC1=CC[C@H](CC(C)OCC=O)C1(C)C. The van der Waals surface area contributed by atoms with E-state index < -0.39 is 0 Å². The molecular weight excluding hydrogens is 188 g/mol. The molecule has 0 aromatic heterocycles. The third kappa shape index (κ3) is 2.91. The maximum Gasteiger partial charge on any atom is 0.145 e. The van der Waals surface area contributed by atoms with Crippen molar-refractivity contribution in [1.29, 1.82) is 0 Å². The van der Waals surface area contributed by atoms with Crippen LogP contribution in [-0.4, -0.2) is 19.0 Å². The number of carbonyl (C=O) groups excluding carboxylic acids is 1. The highest BCUT2D eigenvalue weighted by molar-refractivity contribution is 5.50. The number of aldehydes is 1. The second-order valence-electron chi connectivity index (χ2n) is 5.09. The molecule has 0 fully saturated rings. The number of rotatable bonds is 5. The Kier molecular flexibility index (Phi) is 4.09. The van der Waals surface area contributed by atoms with Crippen molar-refractivity contribution in [2.75, 3.05) is 6.61 Å². The third-order valence-corrected chi connectivity index (χ3v) is 3.81. The van der Waals surface area contributed by atoms with Crippen LogP contribution in [0.5, 0.6) is 0 Å². The second-order valence-corrected chi connectivity index (χ2v) is 5.09. The summed E-state index contributed by atoms with van der Waals surface area (Å²) >= 11 is 0. The van der Waals surface area contributed by atoms with Gasteiger partial charge in [-0.3, -0.25) is 0 Å². The minimum atomic E-state index is 0.179. The maximum atomic E-state index is 10.2. The van der Waals surface area contributed by atoms with Crippen molar-refractivity contribution in [3.8, 4) is 0 Å². The smallest absolute Gasteiger partial charge is 0.145 e. The second kappa shape index (κ2) is 4.93. The number of allylic oxidation sites excluding steroid dienone is 2. The molecule has 0 aromatic rings. The Hall–Kier alpha value is -0.630. The molecule has 0 heterocycles. The average Bonchev–Trinajstić information content (AvgIpc) is 2.42. The van der Waals surface area contributed by atoms with Crippen LogP contribution in [0.25, 0.3) is 0 Å². The van der Waals surface area contributed by atoms with E-state index in [1.54, 1.807) is 0 Å². The number of carbonyl (C=O) groups is 1. The molecule has 15 heavy (non-hydrogen) atoms. The predicted molar refractivity (Wildman–Crippen MR) is 61.7 cm³/mol. The van der Waals surface area contributed by atoms with Gasteiger partial charge in [0.25, 0.3) is 0 Å². The molecule has 1 rings (SSSR count). The van der Waals surface area contributed by atoms with Gasteiger partial charge in [0.05, 0.1) is 6.10 Å². The molecule has 2 atom stereocenters. The molecule has 0 bridgehead atoms. The molecule has 2 heteroatoms. The molecule has 0 spiro atoms. The Morgan fingerprint density at radius 1 is 1.67 bits per heavy atom. The Balaban J connectivity index is 2.44. The highest BCUT2D eigenvalue weighted by Crippen LogP contribution is 2.45. The molecule has 1 aliphatic rings. The lowest BCUT2D eigenvalue weighted by Gasteiger charge is -2.31. The van der Waals surface area contributed by atoms with Gasteiger partial charge in [0.1, 0.15) is 12.9 Å². The zero-order valence-electron chi connectivity index (χ0n) is 10.2. The van der Waals surface area contributed by atoms with Crippen LogP contribution in [0.1, 0.15) is 40.5 Å².